The molecular formula is C9H12N2O4. The number of nitrogens with one attached hydrogen (secondary N) is 1. The van der Waals surface area contributed by atoms with E-state index in [0.717, 1.165) is 10.6 Å². The van der Waals surface area contributed by atoms with E-state index >= 15 is 0 Å². The molecule has 2 N–H and O–H groups in total. The lowest BCUT2D eigenvalue weighted by Crippen LogP contribution is -2.34. The van der Waals surface area contributed by atoms with E-state index in [1.54, 1.807) is 0 Å². The van der Waals surface area contributed by atoms with Crippen molar-refractivity contribution in [3.63, 3.8) is 0 Å². The molecule has 15 heavy (non-hydrogen) atoms. The average molecular weight is 212 g/mol. The second kappa shape index (κ2) is 4.12. The van der Waals surface area contributed by atoms with E-state index in [1.807, 2.05) is 18.8 Å². The summed E-state index contributed by atoms with van der Waals surface area (Å²) in [6.45, 7) is 3.96. The molecule has 0 aliphatic carbocycles. The molecule has 1 aromatic heterocycles. The van der Waals surface area contributed by atoms with Gasteiger partial charge in [-0.05, 0) is 5.92 Å². The molecule has 0 fully saturated rings. The average Bonchev–Trinajstić information content (AvgIpc) is 2.08. The van der Waals surface area contributed by atoms with Gasteiger partial charge in [0, 0.05) is 12.6 Å². The van der Waals surface area contributed by atoms with Crippen molar-refractivity contribution in [2.45, 2.75) is 20.4 Å². The van der Waals surface area contributed by atoms with Gasteiger partial charge in [-0.1, -0.05) is 13.8 Å². The van der Waals surface area contributed by atoms with Crippen LogP contribution in [0.3, 0.4) is 0 Å². The topological polar surface area (TPSA) is 92.2 Å². The molecular weight excluding hydrogens is 200 g/mol. The zero-order chi connectivity index (χ0) is 11.6. The Morgan fingerprint density at radius 1 is 1.53 bits per heavy atom. The van der Waals surface area contributed by atoms with Gasteiger partial charge in [0.05, 0.1) is 0 Å². The van der Waals surface area contributed by atoms with Gasteiger partial charge >= 0.3 is 11.7 Å². The molecule has 0 saturated heterocycles. The van der Waals surface area contributed by atoms with Crippen molar-refractivity contribution in [3.8, 4) is 0 Å². The van der Waals surface area contributed by atoms with Gasteiger partial charge < -0.3 is 5.11 Å². The Morgan fingerprint density at radius 3 is 2.60 bits per heavy atom. The van der Waals surface area contributed by atoms with E-state index in [9.17, 15) is 14.4 Å². The summed E-state index contributed by atoms with van der Waals surface area (Å²) in [4.78, 5) is 35.1. The summed E-state index contributed by atoms with van der Waals surface area (Å²) in [7, 11) is 0. The molecule has 0 unspecified atom stereocenters. The van der Waals surface area contributed by atoms with Crippen molar-refractivity contribution in [1.82, 2.24) is 9.55 Å². The third-order valence-corrected chi connectivity index (χ3v) is 1.80. The molecule has 1 rings (SSSR count). The predicted molar refractivity (Wildman–Crippen MR) is 53.1 cm³/mol. The first kappa shape index (κ1) is 11.2. The van der Waals surface area contributed by atoms with Crippen LogP contribution < -0.4 is 11.2 Å². The van der Waals surface area contributed by atoms with Crippen molar-refractivity contribution < 1.29 is 9.90 Å². The Balaban J connectivity index is 3.40. The maximum Gasteiger partial charge on any atom is 0.352 e. The summed E-state index contributed by atoms with van der Waals surface area (Å²) >= 11 is 0. The van der Waals surface area contributed by atoms with Gasteiger partial charge in [-0.15, -0.1) is 0 Å². The molecule has 0 spiro atoms. The van der Waals surface area contributed by atoms with Crippen molar-refractivity contribution in [2.24, 2.45) is 5.92 Å². The van der Waals surface area contributed by atoms with Crippen LogP contribution in [-0.4, -0.2) is 20.6 Å². The Hall–Kier alpha value is -1.85. The Bertz CT molecular complexity index is 484. The zero-order valence-corrected chi connectivity index (χ0v) is 8.48. The fourth-order valence-electron chi connectivity index (χ4n) is 1.24. The first-order valence-corrected chi connectivity index (χ1v) is 4.49. The third kappa shape index (κ3) is 2.55. The highest BCUT2D eigenvalue weighted by molar-refractivity contribution is 5.85. The number of nitrogens with zero attached hydrogens (tertiary/aromatic N) is 1. The number of carboxylic acid groups (broad SMARTS) is 1. The Morgan fingerprint density at radius 2 is 2.13 bits per heavy atom. The first-order valence-electron chi connectivity index (χ1n) is 4.49. The van der Waals surface area contributed by atoms with Gasteiger partial charge in [-0.3, -0.25) is 14.3 Å². The number of aromatic nitrogens is 2. The van der Waals surface area contributed by atoms with Crippen LogP contribution in [0, 0.1) is 5.92 Å². The smallest absolute Gasteiger partial charge is 0.352 e. The van der Waals surface area contributed by atoms with E-state index in [1.165, 1.54) is 0 Å². The second-order valence-electron chi connectivity index (χ2n) is 3.63. The number of aromatic carboxylic acids is 1. The number of H-pyrrole nitrogens is 1. The van der Waals surface area contributed by atoms with Crippen molar-refractivity contribution in [1.29, 1.82) is 0 Å². The molecule has 0 bridgehead atoms. The molecule has 1 aromatic rings. The zero-order valence-electron chi connectivity index (χ0n) is 8.48. The minimum Gasteiger partial charge on any atom is -0.477 e. The third-order valence-electron chi connectivity index (χ3n) is 1.80. The van der Waals surface area contributed by atoms with Crippen LogP contribution in [0.25, 0.3) is 0 Å². The lowest BCUT2D eigenvalue weighted by molar-refractivity contribution is 0.0681. The van der Waals surface area contributed by atoms with Gasteiger partial charge in [0.1, 0.15) is 5.69 Å². The summed E-state index contributed by atoms with van der Waals surface area (Å²) in [5, 5.41) is 8.81. The molecule has 0 aliphatic rings. The van der Waals surface area contributed by atoms with E-state index < -0.39 is 17.2 Å². The fraction of sp³-hybridized carbons (Fsp3) is 0.444. The number of carboxylic acids is 1. The normalized spacial score (nSPS) is 10.6. The molecule has 1 heterocycles. The Labute approximate surface area is 85.2 Å². The monoisotopic (exact) mass is 212 g/mol. The summed E-state index contributed by atoms with van der Waals surface area (Å²) in [6.07, 6.45) is 0. The SMILES string of the molecule is CC(C)Cn1c(C(=O)O)cc(=O)[nH]c1=O. The minimum absolute atomic E-state index is 0.117. The molecule has 0 aromatic carbocycles. The highest BCUT2D eigenvalue weighted by Gasteiger charge is 2.13. The summed E-state index contributed by atoms with van der Waals surface area (Å²) < 4.78 is 1.05. The molecule has 0 aliphatic heterocycles. The number of aromatic amines is 1. The van der Waals surface area contributed by atoms with Crippen LogP contribution in [0.1, 0.15) is 24.3 Å². The summed E-state index contributed by atoms with van der Waals surface area (Å²) in [6, 6.07) is 0.909. The molecule has 0 radical (unpaired) electrons. The molecule has 82 valence electrons. The second-order valence-corrected chi connectivity index (χ2v) is 3.63. The molecule has 6 nitrogen and oxygen atoms in total. The van der Waals surface area contributed by atoms with Crippen molar-refractivity contribution in [3.05, 3.63) is 32.6 Å². The largest absolute Gasteiger partial charge is 0.477 e. The number of hydrogen-bond acceptors (Lipinski definition) is 3. The van der Waals surface area contributed by atoms with Crippen LogP contribution in [0.2, 0.25) is 0 Å². The highest BCUT2D eigenvalue weighted by atomic mass is 16.4. The van der Waals surface area contributed by atoms with Crippen LogP contribution in [0.4, 0.5) is 0 Å². The van der Waals surface area contributed by atoms with Gasteiger partial charge in [0.2, 0.25) is 0 Å². The van der Waals surface area contributed by atoms with Crippen molar-refractivity contribution in [2.75, 3.05) is 0 Å². The van der Waals surface area contributed by atoms with Crippen molar-refractivity contribution >= 4 is 5.97 Å². The maximum absolute atomic E-state index is 11.3. The van der Waals surface area contributed by atoms with E-state index in [4.69, 9.17) is 5.11 Å². The fourth-order valence-corrected chi connectivity index (χ4v) is 1.24. The molecule has 0 amide bonds. The van der Waals surface area contributed by atoms with E-state index in [2.05, 4.69) is 0 Å². The van der Waals surface area contributed by atoms with Crippen LogP contribution >= 0.6 is 0 Å². The van der Waals surface area contributed by atoms with Crippen LogP contribution in [0.15, 0.2) is 15.7 Å². The van der Waals surface area contributed by atoms with Gasteiger partial charge in [-0.25, -0.2) is 9.59 Å². The van der Waals surface area contributed by atoms with Gasteiger partial charge in [0.25, 0.3) is 5.56 Å². The quantitative estimate of drug-likeness (QED) is 0.731. The molecule has 0 atom stereocenters. The Kier molecular flexibility index (Phi) is 3.08. The minimum atomic E-state index is -1.28. The van der Waals surface area contributed by atoms with Crippen LogP contribution in [0.5, 0.6) is 0 Å². The summed E-state index contributed by atoms with van der Waals surface area (Å²) in [5.74, 6) is -1.16. The highest BCUT2D eigenvalue weighted by Crippen LogP contribution is 1.99. The van der Waals surface area contributed by atoms with E-state index in [-0.39, 0.29) is 18.2 Å². The first-order chi connectivity index (χ1) is 6.91. The standard InChI is InChI=1S/C9H12N2O4/c1-5(2)4-11-6(8(13)14)3-7(12)10-9(11)15/h3,5H,4H2,1-2H3,(H,13,14)(H,10,12,15). The number of rotatable bonds is 3. The van der Waals surface area contributed by atoms with Gasteiger partial charge in [0.15, 0.2) is 0 Å². The lowest BCUT2D eigenvalue weighted by atomic mass is 10.2. The molecule has 6 heteroatoms. The number of carbonyl (C=O) groups is 1. The molecule has 0 saturated carbocycles. The summed E-state index contributed by atoms with van der Waals surface area (Å²) in [5.41, 5.74) is -1.66. The van der Waals surface area contributed by atoms with Gasteiger partial charge in [-0.2, -0.15) is 0 Å². The maximum atomic E-state index is 11.3. The van der Waals surface area contributed by atoms with E-state index in [0.29, 0.717) is 0 Å². The number of hydrogen-bond donors (Lipinski definition) is 2. The van der Waals surface area contributed by atoms with Crippen LogP contribution in [-0.2, 0) is 6.54 Å². The lowest BCUT2D eigenvalue weighted by Gasteiger charge is -2.10. The predicted octanol–water partition coefficient (Wildman–Crippen LogP) is -0.109.